The predicted molar refractivity (Wildman–Crippen MR) is 78.4 cm³/mol. The number of nitrogens with two attached hydrogens (primary N) is 1. The van der Waals surface area contributed by atoms with Gasteiger partial charge in [-0.1, -0.05) is 13.1 Å². The zero-order chi connectivity index (χ0) is 15.9. The first-order valence-electron chi connectivity index (χ1n) is 5.24. The maximum Gasteiger partial charge on any atom is 0.269 e. The lowest BCUT2D eigenvalue weighted by molar-refractivity contribution is 0.609. The molecule has 7 nitrogen and oxygen atoms in total. The van der Waals surface area contributed by atoms with Crippen LogP contribution in [0.15, 0.2) is 41.6 Å². The summed E-state index contributed by atoms with van der Waals surface area (Å²) in [5, 5.41) is 0. The smallest absolute Gasteiger partial charge is 0.269 e. The van der Waals surface area contributed by atoms with Gasteiger partial charge in [0.05, 0.1) is 5.69 Å². The molecular weight excluding hydrogens is 314 g/mol. The van der Waals surface area contributed by atoms with Gasteiger partial charge in [0.1, 0.15) is 17.3 Å². The Morgan fingerprint density at radius 2 is 1.52 bits per heavy atom. The highest BCUT2D eigenvalue weighted by Crippen LogP contribution is 2.16. The molecule has 0 amide bonds. The van der Waals surface area contributed by atoms with Crippen molar-refractivity contribution in [2.45, 2.75) is 4.90 Å². The van der Waals surface area contributed by atoms with Gasteiger partial charge in [-0.2, -0.15) is 0 Å². The Bertz CT molecular complexity index is 790. The molecule has 2 N–H and O–H groups in total. The van der Waals surface area contributed by atoms with Gasteiger partial charge in [-0.05, 0) is 24.3 Å². The predicted octanol–water partition coefficient (Wildman–Crippen LogP) is 2.77. The molecule has 0 saturated carbocycles. The Kier molecular flexibility index (Phi) is 5.61. The van der Waals surface area contributed by atoms with Crippen LogP contribution in [-0.4, -0.2) is 18.4 Å². The number of rotatable bonds is 1. The Morgan fingerprint density at radius 3 is 1.86 bits per heavy atom. The monoisotopic (exact) mass is 321 g/mol. The van der Waals surface area contributed by atoms with Crippen molar-refractivity contribution in [3.8, 4) is 0 Å². The number of halogens is 1. The summed E-state index contributed by atoms with van der Waals surface area (Å²) in [7, 11) is 1.29. The number of pyridine rings is 2. The van der Waals surface area contributed by atoms with Gasteiger partial charge < -0.3 is 15.4 Å². The highest BCUT2D eigenvalue weighted by Gasteiger charge is 2.10. The second-order valence-electron chi connectivity index (χ2n) is 3.46. The van der Waals surface area contributed by atoms with E-state index in [0.29, 0.717) is 11.5 Å². The SMILES string of the molecule is [C-]#[N+]c1ccc(N)cn1.[C-]#[N+]c1ccc(S(=O)(=O)Cl)cn1. The fraction of sp³-hybridized carbons (Fsp3) is 0. The molecule has 0 aliphatic carbocycles. The Morgan fingerprint density at radius 1 is 1.00 bits per heavy atom. The molecule has 0 atom stereocenters. The number of nitrogens with zero attached hydrogens (tertiary/aromatic N) is 4. The van der Waals surface area contributed by atoms with Crippen LogP contribution in [0.25, 0.3) is 9.69 Å². The minimum atomic E-state index is -3.72. The molecule has 0 fully saturated rings. The Hall–Kier alpha value is -2.68. The molecule has 0 aromatic carbocycles. The molecule has 2 aromatic heterocycles. The van der Waals surface area contributed by atoms with Crippen molar-refractivity contribution in [3.63, 3.8) is 0 Å². The third kappa shape index (κ3) is 5.45. The van der Waals surface area contributed by atoms with E-state index in [1.165, 1.54) is 18.3 Å². The van der Waals surface area contributed by atoms with Gasteiger partial charge >= 0.3 is 0 Å². The molecule has 2 heterocycles. The van der Waals surface area contributed by atoms with Gasteiger partial charge in [-0.25, -0.2) is 8.42 Å². The Labute approximate surface area is 126 Å². The number of aromatic nitrogens is 2. The lowest BCUT2D eigenvalue weighted by atomic mass is 10.4. The molecule has 0 spiro atoms. The fourth-order valence-corrected chi connectivity index (χ4v) is 1.73. The largest absolute Gasteiger partial charge is 0.396 e. The second-order valence-corrected chi connectivity index (χ2v) is 6.03. The number of hydrogen-bond donors (Lipinski definition) is 1. The van der Waals surface area contributed by atoms with Gasteiger partial charge in [-0.15, -0.1) is 9.97 Å². The quantitative estimate of drug-likeness (QED) is 0.643. The second kappa shape index (κ2) is 7.20. The first-order valence-corrected chi connectivity index (χ1v) is 7.55. The van der Waals surface area contributed by atoms with E-state index in [4.69, 9.17) is 29.6 Å². The van der Waals surface area contributed by atoms with Crippen LogP contribution >= 0.6 is 10.7 Å². The zero-order valence-electron chi connectivity index (χ0n) is 10.4. The first-order chi connectivity index (χ1) is 9.86. The van der Waals surface area contributed by atoms with E-state index in [0.717, 1.165) is 6.20 Å². The highest BCUT2D eigenvalue weighted by atomic mass is 35.7. The molecule has 2 rings (SSSR count). The summed E-state index contributed by atoms with van der Waals surface area (Å²) in [5.74, 6) is 0.517. The summed E-state index contributed by atoms with van der Waals surface area (Å²) in [6, 6.07) is 5.77. The standard InChI is InChI=1S/C6H3ClN2O2S.C6H5N3/c1-8-6-3-2-5(4-9-6)12(7,10)11;1-8-6-3-2-5(7)4-9-6/h2-4H;2-4H,7H2. The molecule has 0 radical (unpaired) electrons. The van der Waals surface area contributed by atoms with Gasteiger partial charge in [0.25, 0.3) is 20.7 Å². The van der Waals surface area contributed by atoms with E-state index in [-0.39, 0.29) is 10.7 Å². The summed E-state index contributed by atoms with van der Waals surface area (Å²) in [6.07, 6.45) is 2.52. The number of hydrogen-bond acceptors (Lipinski definition) is 5. The zero-order valence-corrected chi connectivity index (χ0v) is 12.0. The van der Waals surface area contributed by atoms with Crippen LogP contribution in [0.5, 0.6) is 0 Å². The van der Waals surface area contributed by atoms with Gasteiger partial charge in [0.15, 0.2) is 0 Å². The average molecular weight is 322 g/mol. The molecule has 106 valence electrons. The summed E-state index contributed by atoms with van der Waals surface area (Å²) in [4.78, 5) is 13.3. The summed E-state index contributed by atoms with van der Waals surface area (Å²) in [6.45, 7) is 13.1. The van der Waals surface area contributed by atoms with Crippen molar-refractivity contribution >= 4 is 37.1 Å². The maximum atomic E-state index is 10.7. The van der Waals surface area contributed by atoms with Crippen molar-refractivity contribution in [2.24, 2.45) is 0 Å². The van der Waals surface area contributed by atoms with Crippen molar-refractivity contribution in [1.29, 1.82) is 0 Å². The van der Waals surface area contributed by atoms with E-state index in [1.54, 1.807) is 12.1 Å². The molecule has 0 saturated heterocycles. The van der Waals surface area contributed by atoms with E-state index in [1.807, 2.05) is 0 Å². The molecule has 21 heavy (non-hydrogen) atoms. The average Bonchev–Trinajstić information content (AvgIpc) is 2.48. The maximum absolute atomic E-state index is 10.7. The normalized spacial score (nSPS) is 9.67. The highest BCUT2D eigenvalue weighted by molar-refractivity contribution is 8.13. The topological polar surface area (TPSA) is 94.7 Å². The van der Waals surface area contributed by atoms with E-state index < -0.39 is 9.05 Å². The van der Waals surface area contributed by atoms with Crippen molar-refractivity contribution in [1.82, 2.24) is 9.97 Å². The fourth-order valence-electron chi connectivity index (χ4n) is 1.05. The minimum Gasteiger partial charge on any atom is -0.396 e. The van der Waals surface area contributed by atoms with Gasteiger partial charge in [0.2, 0.25) is 0 Å². The van der Waals surface area contributed by atoms with Crippen molar-refractivity contribution in [3.05, 3.63) is 59.5 Å². The van der Waals surface area contributed by atoms with Crippen molar-refractivity contribution in [2.75, 3.05) is 5.73 Å². The van der Waals surface area contributed by atoms with Crippen LogP contribution in [0.3, 0.4) is 0 Å². The van der Waals surface area contributed by atoms with Crippen LogP contribution in [0.1, 0.15) is 0 Å². The lowest BCUT2D eigenvalue weighted by Gasteiger charge is -1.91. The van der Waals surface area contributed by atoms with Crippen LogP contribution in [0.4, 0.5) is 17.3 Å². The lowest BCUT2D eigenvalue weighted by Crippen LogP contribution is -1.90. The third-order valence-electron chi connectivity index (χ3n) is 2.00. The summed E-state index contributed by atoms with van der Waals surface area (Å²) in [5.41, 5.74) is 5.90. The number of anilines is 1. The van der Waals surface area contributed by atoms with Crippen molar-refractivity contribution < 1.29 is 8.42 Å². The summed E-state index contributed by atoms with van der Waals surface area (Å²) >= 11 is 0. The summed E-state index contributed by atoms with van der Waals surface area (Å²) < 4.78 is 21.4. The van der Waals surface area contributed by atoms with Gasteiger partial charge in [0, 0.05) is 10.7 Å². The molecule has 2 aromatic rings. The Balaban J connectivity index is 0.000000219. The molecular formula is C12H8ClN5O2S. The van der Waals surface area contributed by atoms with E-state index in [2.05, 4.69) is 19.7 Å². The molecule has 0 aliphatic rings. The van der Waals surface area contributed by atoms with Crippen LogP contribution < -0.4 is 5.73 Å². The minimum absolute atomic E-state index is 0.100. The molecule has 0 aliphatic heterocycles. The van der Waals surface area contributed by atoms with E-state index in [9.17, 15) is 8.42 Å². The first kappa shape index (κ1) is 16.4. The number of nitrogen functional groups attached to an aromatic ring is 1. The molecule has 9 heteroatoms. The third-order valence-corrected chi connectivity index (χ3v) is 3.34. The molecule has 0 bridgehead atoms. The van der Waals surface area contributed by atoms with Crippen LogP contribution in [-0.2, 0) is 9.05 Å². The van der Waals surface area contributed by atoms with Crippen LogP contribution in [0, 0.1) is 13.1 Å². The van der Waals surface area contributed by atoms with E-state index >= 15 is 0 Å². The van der Waals surface area contributed by atoms with Crippen LogP contribution in [0.2, 0.25) is 0 Å². The molecule has 0 unspecified atom stereocenters. The van der Waals surface area contributed by atoms with Gasteiger partial charge in [-0.3, -0.25) is 0 Å².